The molecule has 1 saturated carbocycles. The third kappa shape index (κ3) is 5.24. The zero-order chi connectivity index (χ0) is 24.3. The van der Waals surface area contributed by atoms with Crippen LogP contribution in [0, 0.1) is 5.41 Å². The van der Waals surface area contributed by atoms with Crippen LogP contribution in [0.3, 0.4) is 0 Å². The maximum absolute atomic E-state index is 13.1. The predicted octanol–water partition coefficient (Wildman–Crippen LogP) is 3.92. The average molecular weight is 505 g/mol. The van der Waals surface area contributed by atoms with Crippen molar-refractivity contribution in [2.24, 2.45) is 5.41 Å². The highest BCUT2D eigenvalue weighted by Crippen LogP contribution is 2.47. The quantitative estimate of drug-likeness (QED) is 0.304. The molecule has 0 N–H and O–H groups in total. The molecule has 1 aliphatic rings. The van der Waals surface area contributed by atoms with Gasteiger partial charge in [-0.3, -0.25) is 4.79 Å². The maximum atomic E-state index is 13.1. The van der Waals surface area contributed by atoms with E-state index >= 15 is 0 Å². The Hall–Kier alpha value is -2.95. The number of carbonyl (C=O) groups is 1. The number of pyridine rings is 1. The van der Waals surface area contributed by atoms with Gasteiger partial charge in [-0.25, -0.2) is 22.4 Å². The standard InChI is InChI=1S/C23H25ClN4O5S/c1-23(11-12-23)13-15-33-20-10-14-27(26-20)19-9-8-18(21(24)25-19)22(29)28(16-32-2)34(30,31)17-6-4-3-5-7-17/h3-10,14H,11-13,15-16H2,1-2H3. The molecule has 0 atom stereocenters. The summed E-state index contributed by atoms with van der Waals surface area (Å²) < 4.78 is 38.8. The first kappa shape index (κ1) is 24.2. The number of ether oxygens (including phenoxy) is 2. The fourth-order valence-electron chi connectivity index (χ4n) is 3.30. The molecule has 4 rings (SSSR count). The van der Waals surface area contributed by atoms with Crippen LogP contribution in [-0.4, -0.2) is 53.8 Å². The fourth-order valence-corrected chi connectivity index (χ4v) is 4.84. The van der Waals surface area contributed by atoms with Crippen LogP contribution in [0.1, 0.15) is 36.5 Å². The van der Waals surface area contributed by atoms with Gasteiger partial charge in [-0.15, -0.1) is 5.10 Å². The van der Waals surface area contributed by atoms with Crippen LogP contribution in [0.4, 0.5) is 0 Å². The Balaban J connectivity index is 1.52. The molecule has 0 saturated heterocycles. The molecule has 180 valence electrons. The summed E-state index contributed by atoms with van der Waals surface area (Å²) in [5.41, 5.74) is 0.313. The van der Waals surface area contributed by atoms with Gasteiger partial charge >= 0.3 is 0 Å². The Bertz CT molecular complexity index is 1280. The summed E-state index contributed by atoms with van der Waals surface area (Å²) in [4.78, 5) is 17.3. The third-order valence-electron chi connectivity index (χ3n) is 5.73. The van der Waals surface area contributed by atoms with E-state index in [9.17, 15) is 13.2 Å². The highest BCUT2D eigenvalue weighted by atomic mass is 35.5. The molecule has 0 unspecified atom stereocenters. The van der Waals surface area contributed by atoms with Gasteiger partial charge in [0.05, 0.1) is 17.1 Å². The lowest BCUT2D eigenvalue weighted by Gasteiger charge is -2.22. The molecule has 0 spiro atoms. The molecule has 9 nitrogen and oxygen atoms in total. The van der Waals surface area contributed by atoms with Crippen LogP contribution in [0.2, 0.25) is 5.15 Å². The number of benzene rings is 1. The van der Waals surface area contributed by atoms with E-state index in [1.807, 2.05) is 0 Å². The number of nitrogens with zero attached hydrogens (tertiary/aromatic N) is 4. The molecule has 11 heteroatoms. The maximum Gasteiger partial charge on any atom is 0.272 e. The first-order chi connectivity index (χ1) is 16.2. The largest absolute Gasteiger partial charge is 0.477 e. The van der Waals surface area contributed by atoms with Crippen LogP contribution >= 0.6 is 11.6 Å². The summed E-state index contributed by atoms with van der Waals surface area (Å²) in [6.45, 7) is 2.34. The SMILES string of the molecule is COCN(C(=O)c1ccc(-n2ccc(OCCC3(C)CC3)n2)nc1Cl)S(=O)(=O)c1ccccc1. The Morgan fingerprint density at radius 2 is 1.91 bits per heavy atom. The zero-order valence-corrected chi connectivity index (χ0v) is 20.4. The van der Waals surface area contributed by atoms with E-state index in [-0.39, 0.29) is 15.6 Å². The normalized spacial score (nSPS) is 14.6. The van der Waals surface area contributed by atoms with Crippen LogP contribution in [0.25, 0.3) is 5.82 Å². The summed E-state index contributed by atoms with van der Waals surface area (Å²) in [5, 5.41) is 4.18. The Labute approximate surface area is 203 Å². The minimum absolute atomic E-state index is 0.0409. The topological polar surface area (TPSA) is 104 Å². The van der Waals surface area contributed by atoms with Gasteiger partial charge in [0.1, 0.15) is 11.9 Å². The molecule has 0 bridgehead atoms. The number of halogens is 1. The number of sulfonamides is 1. The van der Waals surface area contributed by atoms with E-state index in [1.165, 1.54) is 48.9 Å². The molecule has 2 heterocycles. The van der Waals surface area contributed by atoms with Gasteiger partial charge in [-0.2, -0.15) is 0 Å². The van der Waals surface area contributed by atoms with Gasteiger partial charge in [-0.05, 0) is 48.9 Å². The second-order valence-electron chi connectivity index (χ2n) is 8.41. The number of aromatic nitrogens is 3. The number of amides is 1. The van der Waals surface area contributed by atoms with E-state index in [2.05, 4.69) is 17.0 Å². The van der Waals surface area contributed by atoms with Gasteiger partial charge in [0.25, 0.3) is 15.9 Å². The molecule has 1 aliphatic carbocycles. The Morgan fingerprint density at radius 3 is 2.56 bits per heavy atom. The Kier molecular flexibility index (Phi) is 6.92. The van der Waals surface area contributed by atoms with Crippen molar-refractivity contribution in [1.82, 2.24) is 19.1 Å². The van der Waals surface area contributed by atoms with Gasteiger partial charge in [0, 0.05) is 19.4 Å². The molecule has 1 aromatic carbocycles. The van der Waals surface area contributed by atoms with Gasteiger partial charge in [0.2, 0.25) is 5.88 Å². The van der Waals surface area contributed by atoms with Gasteiger partial charge in [-0.1, -0.05) is 36.7 Å². The van der Waals surface area contributed by atoms with E-state index in [0.29, 0.717) is 28.0 Å². The van der Waals surface area contributed by atoms with Crippen molar-refractivity contribution in [2.45, 2.75) is 31.1 Å². The number of methoxy groups -OCH3 is 1. The summed E-state index contributed by atoms with van der Waals surface area (Å²) in [6.07, 6.45) is 5.11. The molecule has 1 amide bonds. The lowest BCUT2D eigenvalue weighted by atomic mass is 10.1. The van der Waals surface area contributed by atoms with Crippen molar-refractivity contribution in [2.75, 3.05) is 20.4 Å². The first-order valence-electron chi connectivity index (χ1n) is 10.7. The minimum atomic E-state index is -4.16. The van der Waals surface area contributed by atoms with Crippen LogP contribution in [0.5, 0.6) is 5.88 Å². The molecule has 3 aromatic rings. The number of hydrogen-bond acceptors (Lipinski definition) is 7. The first-order valence-corrected chi connectivity index (χ1v) is 12.5. The predicted molar refractivity (Wildman–Crippen MR) is 125 cm³/mol. The van der Waals surface area contributed by atoms with Crippen molar-refractivity contribution < 1.29 is 22.7 Å². The molecule has 0 radical (unpaired) electrons. The van der Waals surface area contributed by atoms with E-state index in [4.69, 9.17) is 21.1 Å². The Morgan fingerprint density at radius 1 is 1.18 bits per heavy atom. The smallest absolute Gasteiger partial charge is 0.272 e. The molecule has 34 heavy (non-hydrogen) atoms. The molecular weight excluding hydrogens is 480 g/mol. The van der Waals surface area contributed by atoms with Crippen molar-refractivity contribution in [3.8, 4) is 11.7 Å². The molecule has 1 fully saturated rings. The zero-order valence-electron chi connectivity index (χ0n) is 18.8. The van der Waals surface area contributed by atoms with E-state index in [0.717, 1.165) is 6.42 Å². The highest BCUT2D eigenvalue weighted by Gasteiger charge is 2.36. The second kappa shape index (κ2) is 9.73. The van der Waals surface area contributed by atoms with E-state index in [1.54, 1.807) is 30.5 Å². The number of carbonyl (C=O) groups excluding carboxylic acids is 1. The second-order valence-corrected chi connectivity index (χ2v) is 10.6. The molecular formula is C23H25ClN4O5S. The highest BCUT2D eigenvalue weighted by molar-refractivity contribution is 7.89. The van der Waals surface area contributed by atoms with Crippen molar-refractivity contribution in [1.29, 1.82) is 0 Å². The lowest BCUT2D eigenvalue weighted by Crippen LogP contribution is -2.38. The minimum Gasteiger partial charge on any atom is -0.477 e. The van der Waals surface area contributed by atoms with Crippen molar-refractivity contribution >= 4 is 27.5 Å². The van der Waals surface area contributed by atoms with Crippen LogP contribution in [0.15, 0.2) is 59.6 Å². The fraction of sp³-hybridized carbons (Fsp3) is 0.348. The van der Waals surface area contributed by atoms with E-state index < -0.39 is 22.7 Å². The molecule has 0 aliphatic heterocycles. The average Bonchev–Trinajstić information content (AvgIpc) is 3.37. The van der Waals surface area contributed by atoms with Crippen LogP contribution in [-0.2, 0) is 14.8 Å². The van der Waals surface area contributed by atoms with Crippen molar-refractivity contribution in [3.05, 3.63) is 65.4 Å². The van der Waals surface area contributed by atoms with Crippen molar-refractivity contribution in [3.63, 3.8) is 0 Å². The summed E-state index contributed by atoms with van der Waals surface area (Å²) >= 11 is 6.30. The summed E-state index contributed by atoms with van der Waals surface area (Å²) in [6, 6.07) is 12.3. The third-order valence-corrected chi connectivity index (χ3v) is 7.73. The summed E-state index contributed by atoms with van der Waals surface area (Å²) in [5.74, 6) is -0.0369. The summed E-state index contributed by atoms with van der Waals surface area (Å²) in [7, 11) is -2.87. The number of rotatable bonds is 10. The molecule has 2 aromatic heterocycles. The van der Waals surface area contributed by atoms with Gasteiger partial charge < -0.3 is 9.47 Å². The lowest BCUT2D eigenvalue weighted by molar-refractivity contribution is 0.0664. The van der Waals surface area contributed by atoms with Crippen LogP contribution < -0.4 is 4.74 Å². The van der Waals surface area contributed by atoms with Gasteiger partial charge in [0.15, 0.2) is 5.82 Å². The number of hydrogen-bond donors (Lipinski definition) is 0. The monoisotopic (exact) mass is 504 g/mol.